The fourth-order valence-corrected chi connectivity index (χ4v) is 14.6. The molecule has 3 aliphatic carbocycles. The summed E-state index contributed by atoms with van der Waals surface area (Å²) >= 11 is 0. The first-order valence-corrected chi connectivity index (χ1v) is 19.8. The molecule has 0 unspecified atom stereocenters. The van der Waals surface area contributed by atoms with Crippen LogP contribution in [0.3, 0.4) is 0 Å². The Morgan fingerprint density at radius 2 is 1.60 bits per heavy atom. The van der Waals surface area contributed by atoms with Gasteiger partial charge in [-0.1, -0.05) is 87.5 Å². The van der Waals surface area contributed by atoms with E-state index >= 15 is 0 Å². The van der Waals surface area contributed by atoms with Crippen molar-refractivity contribution < 1.29 is 24.1 Å². The summed E-state index contributed by atoms with van der Waals surface area (Å²) < 4.78 is 20.6. The van der Waals surface area contributed by atoms with Crippen molar-refractivity contribution in [1.29, 1.82) is 0 Å². The number of rotatable bonds is 8. The van der Waals surface area contributed by atoms with Crippen molar-refractivity contribution in [2.45, 2.75) is 93.6 Å². The van der Waals surface area contributed by atoms with E-state index < -0.39 is 25.1 Å². The molecule has 3 aromatic carbocycles. The Labute approximate surface area is 281 Å². The van der Waals surface area contributed by atoms with Crippen LogP contribution in [0.2, 0.25) is 5.04 Å². The standard InChI is InChI=1S/C40H51NO5Si/c1-37(2,3)47(33-10-6-4-7-11-33,34-12-8-5-9-13-34)46-32-17-16-30-24-36-39(43)26-31(18-21-42)40(44-22-23-45-40)28-38(39,35(30)25-32)19-20-41(36)27-29-14-15-29/h4-13,16-17,25,29,31,36,42-43H,14-15,18-24,26-28H2,1-3H3/t31-,36+,38+,39+/m0/s1. The van der Waals surface area contributed by atoms with E-state index in [9.17, 15) is 10.2 Å². The molecule has 1 spiro atoms. The summed E-state index contributed by atoms with van der Waals surface area (Å²) in [4.78, 5) is 2.61. The molecular weight excluding hydrogens is 603 g/mol. The highest BCUT2D eigenvalue weighted by atomic mass is 28.4. The third-order valence-electron chi connectivity index (χ3n) is 12.5. The molecule has 7 heteroatoms. The number of fused-ring (bicyclic) bond motifs is 1. The molecule has 2 aliphatic heterocycles. The summed E-state index contributed by atoms with van der Waals surface area (Å²) in [6, 6.07) is 28.4. The number of hydrogen-bond donors (Lipinski definition) is 2. The molecule has 0 amide bonds. The summed E-state index contributed by atoms with van der Waals surface area (Å²) in [7, 11) is -2.86. The molecule has 3 aromatic rings. The maximum atomic E-state index is 13.3. The van der Waals surface area contributed by atoms with E-state index in [1.807, 2.05) is 0 Å². The van der Waals surface area contributed by atoms with Crippen molar-refractivity contribution in [3.63, 3.8) is 0 Å². The van der Waals surface area contributed by atoms with Gasteiger partial charge in [-0.15, -0.1) is 0 Å². The largest absolute Gasteiger partial charge is 0.534 e. The van der Waals surface area contributed by atoms with Crippen molar-refractivity contribution in [2.24, 2.45) is 11.8 Å². The number of aliphatic hydroxyl groups excluding tert-OH is 1. The lowest BCUT2D eigenvalue weighted by molar-refractivity contribution is -0.288. The van der Waals surface area contributed by atoms with Crippen molar-refractivity contribution in [2.75, 3.05) is 32.9 Å². The van der Waals surface area contributed by atoms with E-state index in [0.717, 1.165) is 37.6 Å². The molecule has 0 aromatic heterocycles. The van der Waals surface area contributed by atoms with E-state index in [1.165, 1.54) is 34.3 Å². The Morgan fingerprint density at radius 1 is 0.936 bits per heavy atom. The molecule has 5 aliphatic rings. The third-order valence-corrected chi connectivity index (χ3v) is 17.5. The molecule has 2 N–H and O–H groups in total. The average molecular weight is 654 g/mol. The molecule has 2 saturated carbocycles. The number of aliphatic hydroxyl groups is 2. The van der Waals surface area contributed by atoms with Gasteiger partial charge in [0.2, 0.25) is 0 Å². The van der Waals surface area contributed by atoms with Crippen LogP contribution in [0, 0.1) is 11.8 Å². The maximum Gasteiger partial charge on any atom is 0.319 e. The molecular formula is C40H51NO5Si. The van der Waals surface area contributed by atoms with E-state index in [0.29, 0.717) is 32.5 Å². The highest BCUT2D eigenvalue weighted by Crippen LogP contribution is 2.64. The quantitative estimate of drug-likeness (QED) is 0.327. The summed E-state index contributed by atoms with van der Waals surface area (Å²) in [5, 5.41) is 25.8. The van der Waals surface area contributed by atoms with Crippen LogP contribution in [-0.2, 0) is 21.3 Å². The molecule has 4 fully saturated rings. The highest BCUT2D eigenvalue weighted by Gasteiger charge is 2.70. The average Bonchev–Trinajstić information content (AvgIpc) is 3.77. The molecule has 2 bridgehead atoms. The highest BCUT2D eigenvalue weighted by molar-refractivity contribution is 7.00. The summed E-state index contributed by atoms with van der Waals surface area (Å²) in [6.45, 7) is 10.1. The summed E-state index contributed by atoms with van der Waals surface area (Å²) in [6.07, 6.45) is 6.00. The zero-order valence-electron chi connectivity index (χ0n) is 28.3. The van der Waals surface area contributed by atoms with Gasteiger partial charge in [0.05, 0.1) is 18.8 Å². The van der Waals surface area contributed by atoms with Crippen molar-refractivity contribution in [3.8, 4) is 5.75 Å². The Morgan fingerprint density at radius 3 is 2.19 bits per heavy atom. The van der Waals surface area contributed by atoms with Crippen molar-refractivity contribution in [1.82, 2.24) is 4.90 Å². The Balaban J connectivity index is 1.27. The van der Waals surface area contributed by atoms with Gasteiger partial charge in [-0.2, -0.15) is 0 Å². The van der Waals surface area contributed by atoms with Crippen LogP contribution in [-0.4, -0.2) is 73.8 Å². The van der Waals surface area contributed by atoms with Crippen LogP contribution in [0.15, 0.2) is 78.9 Å². The molecule has 4 atom stereocenters. The molecule has 250 valence electrons. The van der Waals surface area contributed by atoms with Crippen LogP contribution >= 0.6 is 0 Å². The van der Waals surface area contributed by atoms with Gasteiger partial charge in [0.15, 0.2) is 5.79 Å². The molecule has 2 saturated heterocycles. The van der Waals surface area contributed by atoms with Gasteiger partial charge < -0.3 is 24.1 Å². The van der Waals surface area contributed by atoms with Gasteiger partial charge in [0, 0.05) is 36.9 Å². The smallest absolute Gasteiger partial charge is 0.319 e. The van der Waals surface area contributed by atoms with Gasteiger partial charge in [0.1, 0.15) is 5.75 Å². The minimum Gasteiger partial charge on any atom is -0.534 e. The Kier molecular flexibility index (Phi) is 7.78. The van der Waals surface area contributed by atoms with Crippen LogP contribution < -0.4 is 14.8 Å². The lowest BCUT2D eigenvalue weighted by Gasteiger charge is -2.67. The van der Waals surface area contributed by atoms with Crippen LogP contribution in [0.1, 0.15) is 70.4 Å². The molecule has 6 nitrogen and oxygen atoms in total. The van der Waals surface area contributed by atoms with Gasteiger partial charge >= 0.3 is 8.32 Å². The second-order valence-corrected chi connectivity index (χ2v) is 20.3. The Hall–Kier alpha value is -2.52. The molecule has 2 heterocycles. The minimum absolute atomic E-state index is 0.0349. The van der Waals surface area contributed by atoms with Gasteiger partial charge in [-0.05, 0) is 89.7 Å². The number of ether oxygens (including phenoxy) is 2. The van der Waals surface area contributed by atoms with Gasteiger partial charge in [0.25, 0.3) is 0 Å². The number of hydrogen-bond acceptors (Lipinski definition) is 6. The second kappa shape index (κ2) is 11.5. The van der Waals surface area contributed by atoms with Crippen LogP contribution in [0.25, 0.3) is 0 Å². The molecule has 0 radical (unpaired) electrons. The van der Waals surface area contributed by atoms with Crippen LogP contribution in [0.5, 0.6) is 5.75 Å². The zero-order chi connectivity index (χ0) is 32.5. The predicted molar refractivity (Wildman–Crippen MR) is 187 cm³/mol. The lowest BCUT2D eigenvalue weighted by Crippen LogP contribution is -2.76. The normalized spacial score (nSPS) is 30.1. The van der Waals surface area contributed by atoms with Gasteiger partial charge in [-0.3, -0.25) is 4.90 Å². The van der Waals surface area contributed by atoms with E-state index in [1.54, 1.807) is 0 Å². The first-order chi connectivity index (χ1) is 22.6. The monoisotopic (exact) mass is 653 g/mol. The first kappa shape index (κ1) is 31.7. The summed E-state index contributed by atoms with van der Waals surface area (Å²) in [5.41, 5.74) is 1.03. The van der Waals surface area contributed by atoms with E-state index in [-0.39, 0.29) is 23.6 Å². The third kappa shape index (κ3) is 4.91. The SMILES string of the molecule is CC(C)(C)[Si](Oc1ccc2c(c1)[C@]13CCN(CC4CC4)[C@H](C2)[C@]1(O)C[C@H](CCO)C1(C3)OCCO1)(c1ccccc1)c1ccccc1. The van der Waals surface area contributed by atoms with E-state index in [2.05, 4.69) is 105 Å². The number of benzene rings is 3. The molecule has 8 rings (SSSR count). The minimum atomic E-state index is -2.86. The van der Waals surface area contributed by atoms with Crippen molar-refractivity contribution >= 4 is 18.7 Å². The summed E-state index contributed by atoms with van der Waals surface area (Å²) in [5.74, 6) is 0.768. The number of nitrogens with zero attached hydrogens (tertiary/aromatic N) is 1. The number of piperidine rings is 1. The first-order valence-electron chi connectivity index (χ1n) is 17.9. The fraction of sp³-hybridized carbons (Fsp3) is 0.550. The second-order valence-electron chi connectivity index (χ2n) is 16.1. The van der Waals surface area contributed by atoms with Crippen molar-refractivity contribution in [3.05, 3.63) is 90.0 Å². The predicted octanol–water partition coefficient (Wildman–Crippen LogP) is 5.17. The topological polar surface area (TPSA) is 71.4 Å². The number of likely N-dealkylation sites (tertiary alicyclic amines) is 1. The van der Waals surface area contributed by atoms with Gasteiger partial charge in [-0.25, -0.2) is 0 Å². The maximum absolute atomic E-state index is 13.3. The Bertz CT molecular complexity index is 1540. The van der Waals surface area contributed by atoms with Crippen LogP contribution in [0.4, 0.5) is 0 Å². The van der Waals surface area contributed by atoms with E-state index in [4.69, 9.17) is 13.9 Å². The fourth-order valence-electron chi connectivity index (χ4n) is 10.2. The molecule has 47 heavy (non-hydrogen) atoms. The lowest BCUT2D eigenvalue weighted by atomic mass is 9.46. The zero-order valence-corrected chi connectivity index (χ0v) is 29.3.